The van der Waals surface area contributed by atoms with Gasteiger partial charge in [-0.05, 0) is 42.5 Å². The third kappa shape index (κ3) is 3.49. The van der Waals surface area contributed by atoms with Crippen LogP contribution in [-0.2, 0) is 10.9 Å². The van der Waals surface area contributed by atoms with Crippen molar-refractivity contribution in [3.8, 4) is 0 Å². The molecule has 0 unspecified atom stereocenters. The van der Waals surface area contributed by atoms with Crippen LogP contribution in [0.25, 0.3) is 0 Å². The Morgan fingerprint density at radius 3 is 2.47 bits per heavy atom. The molecular formula is C13H15BrF3NO. The fraction of sp³-hybridized carbons (Fsp3) is 0.538. The maximum absolute atomic E-state index is 12.7. The fourth-order valence-electron chi connectivity index (χ4n) is 2.30. The first-order valence-corrected chi connectivity index (χ1v) is 6.89. The number of halogens is 4. The first-order chi connectivity index (χ1) is 8.89. The van der Waals surface area contributed by atoms with Crippen molar-refractivity contribution >= 4 is 15.9 Å². The molecule has 0 spiro atoms. The molecule has 2 nitrogen and oxygen atoms in total. The topological polar surface area (TPSA) is 35.2 Å². The van der Waals surface area contributed by atoms with Crippen molar-refractivity contribution in [2.45, 2.75) is 25.1 Å². The molecule has 1 aliphatic heterocycles. The molecule has 19 heavy (non-hydrogen) atoms. The monoisotopic (exact) mass is 337 g/mol. The summed E-state index contributed by atoms with van der Waals surface area (Å²) in [6.45, 7) is 1.24. The molecule has 2 rings (SSSR count). The predicted molar refractivity (Wildman–Crippen MR) is 69.6 cm³/mol. The Labute approximate surface area is 118 Å². The summed E-state index contributed by atoms with van der Waals surface area (Å²) in [4.78, 5) is 0. The summed E-state index contributed by atoms with van der Waals surface area (Å²) < 4.78 is 44.1. The number of rotatable bonds is 2. The average Bonchev–Trinajstić information content (AvgIpc) is 2.38. The molecule has 2 N–H and O–H groups in total. The lowest BCUT2D eigenvalue weighted by Crippen LogP contribution is -2.28. The molecule has 0 amide bonds. The van der Waals surface area contributed by atoms with E-state index >= 15 is 0 Å². The first-order valence-electron chi connectivity index (χ1n) is 6.09. The Hall–Kier alpha value is -0.590. The second-order valence-electron chi connectivity index (χ2n) is 4.71. The van der Waals surface area contributed by atoms with Gasteiger partial charge < -0.3 is 10.5 Å². The van der Waals surface area contributed by atoms with Crippen molar-refractivity contribution < 1.29 is 17.9 Å². The van der Waals surface area contributed by atoms with E-state index in [9.17, 15) is 13.2 Å². The van der Waals surface area contributed by atoms with Crippen LogP contribution in [0.4, 0.5) is 13.2 Å². The minimum atomic E-state index is -4.34. The largest absolute Gasteiger partial charge is 0.416 e. The number of benzene rings is 1. The van der Waals surface area contributed by atoms with Crippen LogP contribution in [0.5, 0.6) is 0 Å². The molecule has 1 atom stereocenters. The number of nitrogens with two attached hydrogens (primary N) is 1. The highest BCUT2D eigenvalue weighted by Crippen LogP contribution is 2.37. The van der Waals surface area contributed by atoms with Crippen molar-refractivity contribution in [1.82, 2.24) is 0 Å². The average molecular weight is 338 g/mol. The standard InChI is InChI=1S/C13H15BrF3NO/c14-11-2-1-9(13(15,16)17)7-10(11)12(18)8-3-5-19-6-4-8/h1-2,7-8,12H,3-6,18H2/t12-/m1/s1. The minimum Gasteiger partial charge on any atom is -0.381 e. The Kier molecular flexibility index (Phi) is 4.53. The van der Waals surface area contributed by atoms with Crippen molar-refractivity contribution in [2.24, 2.45) is 11.7 Å². The van der Waals surface area contributed by atoms with Crippen LogP contribution < -0.4 is 5.73 Å². The summed E-state index contributed by atoms with van der Waals surface area (Å²) in [6.07, 6.45) is -2.78. The predicted octanol–water partition coefficient (Wildman–Crippen LogP) is 3.89. The van der Waals surface area contributed by atoms with E-state index in [1.807, 2.05) is 0 Å². The lowest BCUT2D eigenvalue weighted by molar-refractivity contribution is -0.137. The summed E-state index contributed by atoms with van der Waals surface area (Å²) in [6, 6.07) is 3.21. The van der Waals surface area contributed by atoms with E-state index in [2.05, 4.69) is 15.9 Å². The van der Waals surface area contributed by atoms with E-state index in [1.54, 1.807) is 0 Å². The number of alkyl halides is 3. The van der Waals surface area contributed by atoms with Crippen molar-refractivity contribution in [3.63, 3.8) is 0 Å². The molecule has 0 saturated carbocycles. The minimum absolute atomic E-state index is 0.161. The van der Waals surface area contributed by atoms with Crippen LogP contribution in [0.15, 0.2) is 22.7 Å². The highest BCUT2D eigenvalue weighted by Gasteiger charge is 2.32. The van der Waals surface area contributed by atoms with Crippen LogP contribution in [0, 0.1) is 5.92 Å². The van der Waals surface area contributed by atoms with Gasteiger partial charge in [0.1, 0.15) is 0 Å². The van der Waals surface area contributed by atoms with Crippen molar-refractivity contribution in [1.29, 1.82) is 0 Å². The molecule has 1 heterocycles. The van der Waals surface area contributed by atoms with Gasteiger partial charge >= 0.3 is 6.18 Å². The molecule has 1 aliphatic rings. The zero-order valence-electron chi connectivity index (χ0n) is 10.2. The Bertz CT molecular complexity index is 444. The van der Waals surface area contributed by atoms with Gasteiger partial charge in [-0.1, -0.05) is 15.9 Å². The lowest BCUT2D eigenvalue weighted by Gasteiger charge is -2.28. The van der Waals surface area contributed by atoms with Gasteiger partial charge in [0.15, 0.2) is 0 Å². The van der Waals surface area contributed by atoms with Gasteiger partial charge in [-0.25, -0.2) is 0 Å². The van der Waals surface area contributed by atoms with E-state index in [4.69, 9.17) is 10.5 Å². The summed E-state index contributed by atoms with van der Waals surface area (Å²) in [7, 11) is 0. The second kappa shape index (κ2) is 5.81. The van der Waals surface area contributed by atoms with Crippen LogP contribution in [0.1, 0.15) is 30.0 Å². The van der Waals surface area contributed by atoms with Gasteiger partial charge in [0, 0.05) is 23.7 Å². The Morgan fingerprint density at radius 1 is 1.26 bits per heavy atom. The third-order valence-corrected chi connectivity index (χ3v) is 4.18. The first kappa shape index (κ1) is 14.8. The zero-order valence-corrected chi connectivity index (χ0v) is 11.8. The van der Waals surface area contributed by atoms with E-state index < -0.39 is 17.8 Å². The highest BCUT2D eigenvalue weighted by atomic mass is 79.9. The van der Waals surface area contributed by atoms with Crippen LogP contribution in [0.3, 0.4) is 0 Å². The SMILES string of the molecule is N[C@@H](c1cc(C(F)(F)F)ccc1Br)C1CCOCC1. The Morgan fingerprint density at radius 2 is 1.89 bits per heavy atom. The van der Waals surface area contributed by atoms with Crippen LogP contribution >= 0.6 is 15.9 Å². The summed E-state index contributed by atoms with van der Waals surface area (Å²) in [5, 5.41) is 0. The third-order valence-electron chi connectivity index (χ3n) is 3.46. The van der Waals surface area contributed by atoms with Gasteiger partial charge in [-0.3, -0.25) is 0 Å². The smallest absolute Gasteiger partial charge is 0.381 e. The number of ether oxygens (including phenoxy) is 1. The molecular weight excluding hydrogens is 323 g/mol. The van der Waals surface area contributed by atoms with Gasteiger partial charge in [-0.2, -0.15) is 13.2 Å². The maximum atomic E-state index is 12.7. The second-order valence-corrected chi connectivity index (χ2v) is 5.56. The number of hydrogen-bond donors (Lipinski definition) is 1. The molecule has 106 valence electrons. The van der Waals surface area contributed by atoms with Gasteiger partial charge in [0.05, 0.1) is 5.56 Å². The summed E-state index contributed by atoms with van der Waals surface area (Å²) >= 11 is 3.29. The molecule has 1 saturated heterocycles. The van der Waals surface area contributed by atoms with Gasteiger partial charge in [-0.15, -0.1) is 0 Å². The Balaban J connectivity index is 2.27. The maximum Gasteiger partial charge on any atom is 0.416 e. The fourth-order valence-corrected chi connectivity index (χ4v) is 2.82. The molecule has 1 aromatic carbocycles. The molecule has 6 heteroatoms. The van der Waals surface area contributed by atoms with Crippen LogP contribution in [-0.4, -0.2) is 13.2 Å². The summed E-state index contributed by atoms with van der Waals surface area (Å²) in [5.41, 5.74) is 5.99. The van der Waals surface area contributed by atoms with Gasteiger partial charge in [0.25, 0.3) is 0 Å². The highest BCUT2D eigenvalue weighted by molar-refractivity contribution is 9.10. The molecule has 0 aliphatic carbocycles. The van der Waals surface area contributed by atoms with Crippen LogP contribution in [0.2, 0.25) is 0 Å². The quantitative estimate of drug-likeness (QED) is 0.888. The zero-order chi connectivity index (χ0) is 14.0. The number of hydrogen-bond acceptors (Lipinski definition) is 2. The van der Waals surface area contributed by atoms with E-state index in [1.165, 1.54) is 6.07 Å². The molecule has 0 bridgehead atoms. The van der Waals surface area contributed by atoms with Crippen molar-refractivity contribution in [3.05, 3.63) is 33.8 Å². The van der Waals surface area contributed by atoms with Crippen molar-refractivity contribution in [2.75, 3.05) is 13.2 Å². The van der Waals surface area contributed by atoms with Gasteiger partial charge in [0.2, 0.25) is 0 Å². The molecule has 0 radical (unpaired) electrons. The molecule has 1 aromatic rings. The molecule has 0 aromatic heterocycles. The van der Waals surface area contributed by atoms with E-state index in [0.29, 0.717) is 23.2 Å². The van der Waals surface area contributed by atoms with E-state index in [0.717, 1.165) is 25.0 Å². The summed E-state index contributed by atoms with van der Waals surface area (Å²) in [5.74, 6) is 0.161. The van der Waals surface area contributed by atoms with E-state index in [-0.39, 0.29) is 5.92 Å². The normalized spacial score (nSPS) is 19.4. The molecule has 1 fully saturated rings. The lowest BCUT2D eigenvalue weighted by atomic mass is 9.87.